The molecule has 0 aliphatic heterocycles. The molecule has 3 aromatic rings. The molecule has 1 N–H and O–H groups in total. The van der Waals surface area contributed by atoms with Crippen LogP contribution in [0.4, 0.5) is 5.69 Å². The van der Waals surface area contributed by atoms with Crippen LogP contribution in [-0.2, 0) is 25.4 Å². The van der Waals surface area contributed by atoms with Crippen molar-refractivity contribution in [3.05, 3.63) is 57.5 Å². The number of benzene rings is 1. The van der Waals surface area contributed by atoms with Crippen molar-refractivity contribution in [3.8, 4) is 0 Å². The highest BCUT2D eigenvalue weighted by Crippen LogP contribution is 2.10. The summed E-state index contributed by atoms with van der Waals surface area (Å²) in [5.41, 5.74) is 0.623. The first-order valence-corrected chi connectivity index (χ1v) is 9.04. The lowest BCUT2D eigenvalue weighted by Gasteiger charge is -2.19. The van der Waals surface area contributed by atoms with Crippen molar-refractivity contribution in [2.24, 2.45) is 14.1 Å². The fraction of sp³-hybridized carbons (Fsp3) is 0.368. The van der Waals surface area contributed by atoms with Gasteiger partial charge in [0.1, 0.15) is 6.54 Å². The van der Waals surface area contributed by atoms with Gasteiger partial charge in [-0.05, 0) is 18.6 Å². The van der Waals surface area contributed by atoms with Crippen molar-refractivity contribution < 1.29 is 4.79 Å². The summed E-state index contributed by atoms with van der Waals surface area (Å²) in [5, 5.41) is 2.77. The molecule has 1 aromatic carbocycles. The molecule has 3 rings (SSSR count). The maximum Gasteiger partial charge on any atom is 0.332 e. The molecular weight excluding hydrogens is 360 g/mol. The Morgan fingerprint density at radius 1 is 1.18 bits per heavy atom. The van der Waals surface area contributed by atoms with Gasteiger partial charge in [0.05, 0.1) is 6.33 Å². The number of carbonyl (C=O) groups is 1. The number of nitrogens with one attached hydrogen (secondary N) is 1. The number of anilines is 1. The van der Waals surface area contributed by atoms with Crippen LogP contribution in [-0.4, -0.2) is 44.7 Å². The summed E-state index contributed by atoms with van der Waals surface area (Å²) in [6, 6.07) is 9.97. The van der Waals surface area contributed by atoms with Crippen LogP contribution < -0.4 is 21.5 Å². The third kappa shape index (κ3) is 3.83. The number of amides is 1. The van der Waals surface area contributed by atoms with E-state index in [-0.39, 0.29) is 12.5 Å². The van der Waals surface area contributed by atoms with Gasteiger partial charge >= 0.3 is 5.69 Å². The minimum atomic E-state index is -0.560. The summed E-state index contributed by atoms with van der Waals surface area (Å²) < 4.78 is 3.76. The number of hydrogen-bond acceptors (Lipinski definition) is 5. The zero-order valence-electron chi connectivity index (χ0n) is 16.3. The quantitative estimate of drug-likeness (QED) is 0.582. The van der Waals surface area contributed by atoms with E-state index in [0.29, 0.717) is 17.7 Å². The standard InChI is InChI=1S/C19H24N6O3/c1-22(14-8-5-4-6-9-14)11-7-10-20-15(26)12-25-18(27)16-17(21-13-23(16)2)24(3)19(25)28/h4-6,8-9,13H,7,10-12H2,1-3H3,(H,20,26). The fourth-order valence-corrected chi connectivity index (χ4v) is 3.09. The number of fused-ring (bicyclic) bond motifs is 1. The minimum Gasteiger partial charge on any atom is -0.375 e. The van der Waals surface area contributed by atoms with Gasteiger partial charge in [-0.25, -0.2) is 14.3 Å². The summed E-state index contributed by atoms with van der Waals surface area (Å²) in [4.78, 5) is 43.4. The van der Waals surface area contributed by atoms with Gasteiger partial charge in [-0.2, -0.15) is 0 Å². The SMILES string of the molecule is CN(CCCNC(=O)Cn1c(=O)c2c(ncn2C)n(C)c1=O)c1ccccc1. The number of imidazole rings is 1. The van der Waals surface area contributed by atoms with Crippen LogP contribution in [0.3, 0.4) is 0 Å². The van der Waals surface area contributed by atoms with E-state index in [4.69, 9.17) is 0 Å². The molecule has 0 bridgehead atoms. The topological polar surface area (TPSA) is 94.2 Å². The molecule has 0 atom stereocenters. The van der Waals surface area contributed by atoms with Crippen LogP contribution in [0.5, 0.6) is 0 Å². The van der Waals surface area contributed by atoms with Gasteiger partial charge in [-0.3, -0.25) is 14.2 Å². The minimum absolute atomic E-state index is 0.291. The largest absolute Gasteiger partial charge is 0.375 e. The normalized spacial score (nSPS) is 11.0. The average molecular weight is 384 g/mol. The van der Waals surface area contributed by atoms with Crippen LogP contribution in [0, 0.1) is 0 Å². The van der Waals surface area contributed by atoms with E-state index >= 15 is 0 Å². The Hall–Kier alpha value is -3.36. The molecule has 2 aromatic heterocycles. The van der Waals surface area contributed by atoms with Gasteiger partial charge in [0.15, 0.2) is 11.2 Å². The number of hydrogen-bond donors (Lipinski definition) is 1. The van der Waals surface area contributed by atoms with E-state index in [9.17, 15) is 14.4 Å². The first-order chi connectivity index (χ1) is 13.4. The molecule has 0 spiro atoms. The number of aromatic nitrogens is 4. The molecule has 0 aliphatic rings. The highest BCUT2D eigenvalue weighted by molar-refractivity contribution is 5.76. The highest BCUT2D eigenvalue weighted by atomic mass is 16.2. The van der Waals surface area contributed by atoms with Crippen molar-refractivity contribution >= 4 is 22.8 Å². The highest BCUT2D eigenvalue weighted by Gasteiger charge is 2.16. The molecular formula is C19H24N6O3. The Morgan fingerprint density at radius 3 is 2.61 bits per heavy atom. The van der Waals surface area contributed by atoms with Gasteiger partial charge in [-0.1, -0.05) is 18.2 Å². The summed E-state index contributed by atoms with van der Waals surface area (Å²) in [6.07, 6.45) is 2.21. The van der Waals surface area contributed by atoms with Crippen LogP contribution in [0.1, 0.15) is 6.42 Å². The molecule has 28 heavy (non-hydrogen) atoms. The van der Waals surface area contributed by atoms with E-state index in [1.807, 2.05) is 37.4 Å². The van der Waals surface area contributed by atoms with Crippen LogP contribution in [0.2, 0.25) is 0 Å². The Kier molecular flexibility index (Phi) is 5.62. The maximum atomic E-state index is 12.6. The van der Waals surface area contributed by atoms with E-state index in [0.717, 1.165) is 23.2 Å². The Balaban J connectivity index is 1.60. The lowest BCUT2D eigenvalue weighted by molar-refractivity contribution is -0.121. The molecule has 0 unspecified atom stereocenters. The maximum absolute atomic E-state index is 12.6. The van der Waals surface area contributed by atoms with Crippen molar-refractivity contribution in [1.29, 1.82) is 0 Å². The predicted octanol–water partition coefficient (Wildman–Crippen LogP) is 0.0764. The van der Waals surface area contributed by atoms with E-state index in [1.165, 1.54) is 17.9 Å². The third-order valence-corrected chi connectivity index (χ3v) is 4.69. The van der Waals surface area contributed by atoms with Crippen molar-refractivity contribution in [2.45, 2.75) is 13.0 Å². The molecule has 9 heteroatoms. The van der Waals surface area contributed by atoms with Crippen molar-refractivity contribution in [3.63, 3.8) is 0 Å². The van der Waals surface area contributed by atoms with Crippen LogP contribution >= 0.6 is 0 Å². The second kappa shape index (κ2) is 8.12. The van der Waals surface area contributed by atoms with E-state index in [1.54, 1.807) is 11.6 Å². The van der Waals surface area contributed by atoms with Crippen LogP contribution in [0.15, 0.2) is 46.2 Å². The Bertz CT molecular complexity index is 1100. The molecule has 0 saturated carbocycles. The number of aryl methyl sites for hydroxylation is 2. The summed E-state index contributed by atoms with van der Waals surface area (Å²) in [6.45, 7) is 0.910. The van der Waals surface area contributed by atoms with E-state index < -0.39 is 11.2 Å². The Morgan fingerprint density at radius 2 is 1.89 bits per heavy atom. The number of para-hydroxylation sites is 1. The summed E-state index contributed by atoms with van der Waals surface area (Å²) in [5.74, 6) is -0.372. The summed E-state index contributed by atoms with van der Waals surface area (Å²) in [7, 11) is 5.20. The molecule has 1 amide bonds. The van der Waals surface area contributed by atoms with Gasteiger partial charge in [0.2, 0.25) is 5.91 Å². The molecule has 9 nitrogen and oxygen atoms in total. The van der Waals surface area contributed by atoms with Gasteiger partial charge < -0.3 is 14.8 Å². The fourth-order valence-electron chi connectivity index (χ4n) is 3.09. The van der Waals surface area contributed by atoms with Crippen LogP contribution in [0.25, 0.3) is 11.2 Å². The van der Waals surface area contributed by atoms with Crippen molar-refractivity contribution in [1.82, 2.24) is 24.0 Å². The summed E-state index contributed by atoms with van der Waals surface area (Å²) >= 11 is 0. The lowest BCUT2D eigenvalue weighted by Crippen LogP contribution is -2.43. The molecule has 0 saturated heterocycles. The molecule has 0 aliphatic carbocycles. The second-order valence-electron chi connectivity index (χ2n) is 6.72. The lowest BCUT2D eigenvalue weighted by atomic mass is 10.3. The average Bonchev–Trinajstić information content (AvgIpc) is 3.09. The van der Waals surface area contributed by atoms with Gasteiger partial charge in [0.25, 0.3) is 5.56 Å². The smallest absolute Gasteiger partial charge is 0.332 e. The first kappa shape index (κ1) is 19.4. The number of nitrogens with zero attached hydrogens (tertiary/aromatic N) is 5. The number of carbonyl (C=O) groups excluding carboxylic acids is 1. The molecule has 0 radical (unpaired) electrons. The van der Waals surface area contributed by atoms with Gasteiger partial charge in [0, 0.05) is 39.9 Å². The molecule has 0 fully saturated rings. The zero-order valence-corrected chi connectivity index (χ0v) is 16.3. The number of rotatable bonds is 7. The second-order valence-corrected chi connectivity index (χ2v) is 6.72. The molecule has 148 valence electrons. The monoisotopic (exact) mass is 384 g/mol. The Labute approximate surface area is 161 Å². The van der Waals surface area contributed by atoms with Crippen molar-refractivity contribution in [2.75, 3.05) is 25.0 Å². The van der Waals surface area contributed by atoms with Gasteiger partial charge in [-0.15, -0.1) is 0 Å². The third-order valence-electron chi connectivity index (χ3n) is 4.69. The zero-order chi connectivity index (χ0) is 20.3. The first-order valence-electron chi connectivity index (χ1n) is 9.04. The molecule has 2 heterocycles. The van der Waals surface area contributed by atoms with E-state index in [2.05, 4.69) is 15.2 Å². The predicted molar refractivity (Wildman–Crippen MR) is 108 cm³/mol.